The van der Waals surface area contributed by atoms with Crippen molar-refractivity contribution in [2.24, 2.45) is 5.92 Å². The monoisotopic (exact) mass is 557 g/mol. The van der Waals surface area contributed by atoms with Crippen LogP contribution in [0.2, 0.25) is 0 Å². The third-order valence-corrected chi connectivity index (χ3v) is 7.16. The zero-order valence-electron chi connectivity index (χ0n) is 22.2. The molecule has 0 fully saturated rings. The molecule has 1 N–H and O–H groups in total. The Balaban J connectivity index is 2.03. The number of sulfonamides is 1. The lowest BCUT2D eigenvalue weighted by atomic mass is 10.0. The second-order valence-corrected chi connectivity index (χ2v) is 11.6. The number of halogens is 2. The van der Waals surface area contributed by atoms with E-state index >= 15 is 0 Å². The molecule has 0 saturated heterocycles. The Bertz CT molecular complexity index is 1370. The van der Waals surface area contributed by atoms with Gasteiger partial charge in [0.1, 0.15) is 12.6 Å². The van der Waals surface area contributed by atoms with E-state index in [9.17, 15) is 26.8 Å². The van der Waals surface area contributed by atoms with Crippen molar-refractivity contribution in [3.63, 3.8) is 0 Å². The van der Waals surface area contributed by atoms with Gasteiger partial charge in [0.05, 0.1) is 11.9 Å². The van der Waals surface area contributed by atoms with Crippen LogP contribution >= 0.6 is 0 Å². The summed E-state index contributed by atoms with van der Waals surface area (Å²) in [6.45, 7) is 3.61. The molecule has 3 rings (SSSR count). The standard InChI is InChI=1S/C29H33F2N3O4S/c1-21(2)18-32-29(36)27(16-22-10-6-4-7-11-22)33(19-23-12-8-5-9-13-23)28(35)20-34(39(3,37)38)24-14-15-25(30)26(31)17-24/h4-15,17,21,27H,16,18-20H2,1-3H3,(H,32,36)/t27-/m1/s1. The van der Waals surface area contributed by atoms with Crippen molar-refractivity contribution in [1.82, 2.24) is 10.2 Å². The van der Waals surface area contributed by atoms with Gasteiger partial charge in [-0.25, -0.2) is 17.2 Å². The minimum Gasteiger partial charge on any atom is -0.354 e. The number of rotatable bonds is 12. The van der Waals surface area contributed by atoms with Crippen LogP contribution in [0.4, 0.5) is 14.5 Å². The number of hydrogen-bond acceptors (Lipinski definition) is 4. The smallest absolute Gasteiger partial charge is 0.244 e. The molecule has 0 radical (unpaired) electrons. The number of amides is 2. The maximum absolute atomic E-state index is 14.0. The number of benzene rings is 3. The fourth-order valence-electron chi connectivity index (χ4n) is 4.01. The second-order valence-electron chi connectivity index (χ2n) is 9.72. The Kier molecular flexibility index (Phi) is 10.2. The number of hydrogen-bond donors (Lipinski definition) is 1. The highest BCUT2D eigenvalue weighted by Crippen LogP contribution is 2.22. The fourth-order valence-corrected chi connectivity index (χ4v) is 4.85. The lowest BCUT2D eigenvalue weighted by Crippen LogP contribution is -2.53. The van der Waals surface area contributed by atoms with Gasteiger partial charge in [-0.2, -0.15) is 0 Å². The van der Waals surface area contributed by atoms with E-state index in [1.165, 1.54) is 4.90 Å². The zero-order valence-corrected chi connectivity index (χ0v) is 23.0. The predicted molar refractivity (Wildman–Crippen MR) is 147 cm³/mol. The number of nitrogens with zero attached hydrogens (tertiary/aromatic N) is 2. The highest BCUT2D eigenvalue weighted by atomic mass is 32.2. The molecule has 3 aromatic rings. The molecule has 0 unspecified atom stereocenters. The quantitative estimate of drug-likeness (QED) is 0.363. The Morgan fingerprint density at radius 3 is 2.00 bits per heavy atom. The van der Waals surface area contributed by atoms with Gasteiger partial charge in [0.15, 0.2) is 11.6 Å². The van der Waals surface area contributed by atoms with Gasteiger partial charge in [-0.05, 0) is 29.2 Å². The topological polar surface area (TPSA) is 86.8 Å². The van der Waals surface area contributed by atoms with Crippen LogP contribution in [0.3, 0.4) is 0 Å². The van der Waals surface area contributed by atoms with Gasteiger partial charge >= 0.3 is 0 Å². The highest BCUT2D eigenvalue weighted by molar-refractivity contribution is 7.92. The first-order valence-corrected chi connectivity index (χ1v) is 14.4. The first-order chi connectivity index (χ1) is 18.5. The molecule has 2 amide bonds. The van der Waals surface area contributed by atoms with Gasteiger partial charge in [-0.3, -0.25) is 13.9 Å². The van der Waals surface area contributed by atoms with Crippen LogP contribution in [0.25, 0.3) is 0 Å². The van der Waals surface area contributed by atoms with E-state index in [1.54, 1.807) is 24.3 Å². The van der Waals surface area contributed by atoms with Gasteiger partial charge in [-0.15, -0.1) is 0 Å². The molecule has 0 aromatic heterocycles. The molecule has 0 aliphatic rings. The summed E-state index contributed by atoms with van der Waals surface area (Å²) in [6, 6.07) is 19.9. The zero-order chi connectivity index (χ0) is 28.6. The van der Waals surface area contributed by atoms with Gasteiger partial charge < -0.3 is 10.2 Å². The molecule has 208 valence electrons. The van der Waals surface area contributed by atoms with Gasteiger partial charge in [-0.1, -0.05) is 74.5 Å². The summed E-state index contributed by atoms with van der Waals surface area (Å²) >= 11 is 0. The summed E-state index contributed by atoms with van der Waals surface area (Å²) in [5.41, 5.74) is 1.35. The van der Waals surface area contributed by atoms with E-state index in [-0.39, 0.29) is 30.5 Å². The molecule has 0 aliphatic carbocycles. The van der Waals surface area contributed by atoms with Crippen molar-refractivity contribution < 1.29 is 26.8 Å². The van der Waals surface area contributed by atoms with Gasteiger partial charge in [0.25, 0.3) is 0 Å². The molecular weight excluding hydrogens is 524 g/mol. The molecule has 39 heavy (non-hydrogen) atoms. The largest absolute Gasteiger partial charge is 0.354 e. The van der Waals surface area contributed by atoms with Gasteiger partial charge in [0.2, 0.25) is 21.8 Å². The molecule has 3 aromatic carbocycles. The summed E-state index contributed by atoms with van der Waals surface area (Å²) in [7, 11) is -4.08. The fraction of sp³-hybridized carbons (Fsp3) is 0.310. The van der Waals surface area contributed by atoms with Crippen LogP contribution in [0, 0.1) is 17.6 Å². The third kappa shape index (κ3) is 8.61. The van der Waals surface area contributed by atoms with Crippen molar-refractivity contribution >= 4 is 27.5 Å². The van der Waals surface area contributed by atoms with Crippen LogP contribution in [0.15, 0.2) is 78.9 Å². The normalized spacial score (nSPS) is 12.2. The van der Waals surface area contributed by atoms with Crippen LogP contribution < -0.4 is 9.62 Å². The van der Waals surface area contributed by atoms with Crippen molar-refractivity contribution in [2.75, 3.05) is 23.7 Å². The van der Waals surface area contributed by atoms with E-state index in [1.807, 2.05) is 50.2 Å². The Morgan fingerprint density at radius 1 is 0.872 bits per heavy atom. The van der Waals surface area contributed by atoms with Crippen LogP contribution in [0.5, 0.6) is 0 Å². The van der Waals surface area contributed by atoms with Gasteiger partial charge in [0, 0.05) is 25.6 Å². The molecule has 0 spiro atoms. The first kappa shape index (κ1) is 29.8. The van der Waals surface area contributed by atoms with Crippen molar-refractivity contribution in [3.8, 4) is 0 Å². The number of carbonyl (C=O) groups is 2. The van der Waals surface area contributed by atoms with E-state index in [4.69, 9.17) is 0 Å². The number of anilines is 1. The first-order valence-electron chi connectivity index (χ1n) is 12.5. The average Bonchev–Trinajstić information content (AvgIpc) is 2.90. The van der Waals surface area contributed by atoms with E-state index in [0.717, 1.165) is 35.6 Å². The Morgan fingerprint density at radius 2 is 1.46 bits per heavy atom. The number of carbonyl (C=O) groups excluding carboxylic acids is 2. The third-order valence-electron chi connectivity index (χ3n) is 6.02. The highest BCUT2D eigenvalue weighted by Gasteiger charge is 2.33. The molecule has 0 saturated carbocycles. The van der Waals surface area contributed by atoms with Crippen molar-refractivity contribution in [1.29, 1.82) is 0 Å². The molecule has 0 bridgehead atoms. The number of nitrogens with one attached hydrogen (secondary N) is 1. The van der Waals surface area contributed by atoms with Crippen LogP contribution in [-0.2, 0) is 32.6 Å². The molecule has 1 atom stereocenters. The lowest BCUT2D eigenvalue weighted by Gasteiger charge is -2.33. The van der Waals surface area contributed by atoms with Crippen molar-refractivity contribution in [3.05, 3.63) is 102 Å². The lowest BCUT2D eigenvalue weighted by molar-refractivity contribution is -0.140. The SMILES string of the molecule is CC(C)CNC(=O)[C@@H](Cc1ccccc1)N(Cc1ccccc1)C(=O)CN(c1ccc(F)c(F)c1)S(C)(=O)=O. The van der Waals surface area contributed by atoms with E-state index in [2.05, 4.69) is 5.32 Å². The maximum atomic E-state index is 14.0. The summed E-state index contributed by atoms with van der Waals surface area (Å²) in [5, 5.41) is 2.90. The molecule has 7 nitrogen and oxygen atoms in total. The van der Waals surface area contributed by atoms with E-state index < -0.39 is 40.2 Å². The Labute approximate surface area is 228 Å². The minimum absolute atomic E-state index is 0.0294. The predicted octanol–water partition coefficient (Wildman–Crippen LogP) is 4.14. The Hall–Kier alpha value is -3.79. The summed E-state index contributed by atoms with van der Waals surface area (Å²) in [4.78, 5) is 28.7. The summed E-state index contributed by atoms with van der Waals surface area (Å²) < 4.78 is 53.6. The summed E-state index contributed by atoms with van der Waals surface area (Å²) in [6.07, 6.45) is 1.06. The van der Waals surface area contributed by atoms with Crippen LogP contribution in [-0.4, -0.2) is 50.5 Å². The average molecular weight is 558 g/mol. The van der Waals surface area contributed by atoms with Crippen LogP contribution in [0.1, 0.15) is 25.0 Å². The minimum atomic E-state index is -4.08. The maximum Gasteiger partial charge on any atom is 0.244 e. The second kappa shape index (κ2) is 13.3. The molecular formula is C29H33F2N3O4S. The van der Waals surface area contributed by atoms with E-state index in [0.29, 0.717) is 10.8 Å². The summed E-state index contributed by atoms with van der Waals surface area (Å²) in [5.74, 6) is -3.28. The molecule has 0 heterocycles. The molecule has 10 heteroatoms. The molecule has 0 aliphatic heterocycles. The van der Waals surface area contributed by atoms with Crippen molar-refractivity contribution in [2.45, 2.75) is 32.9 Å².